The Labute approximate surface area is 135 Å². The molecule has 1 aliphatic carbocycles. The van der Waals surface area contributed by atoms with Crippen molar-refractivity contribution in [3.05, 3.63) is 22.2 Å². The van der Waals surface area contributed by atoms with Crippen molar-refractivity contribution < 1.29 is 9.84 Å². The Morgan fingerprint density at radius 2 is 2.00 bits per heavy atom. The first-order valence-corrected chi connectivity index (χ1v) is 8.77. The smallest absolute Gasteiger partial charge is 0.172 e. The zero-order valence-electron chi connectivity index (χ0n) is 12.6. The monoisotopic (exact) mass is 353 g/mol. The molecule has 0 radical (unpaired) electrons. The number of likely N-dealkylation sites (tertiary alicyclic amines) is 1. The first-order valence-electron chi connectivity index (χ1n) is 7.98. The van der Waals surface area contributed by atoms with Gasteiger partial charge in [0.1, 0.15) is 0 Å². The van der Waals surface area contributed by atoms with Crippen molar-refractivity contribution in [1.82, 2.24) is 4.90 Å². The lowest BCUT2D eigenvalue weighted by Crippen LogP contribution is -2.46. The van der Waals surface area contributed by atoms with E-state index in [0.717, 1.165) is 18.5 Å². The molecule has 2 fully saturated rings. The number of methoxy groups -OCH3 is 1. The van der Waals surface area contributed by atoms with Crippen molar-refractivity contribution in [2.45, 2.75) is 51.1 Å². The lowest BCUT2D eigenvalue weighted by molar-refractivity contribution is 0.0546. The van der Waals surface area contributed by atoms with Crippen molar-refractivity contribution in [2.75, 3.05) is 13.7 Å². The van der Waals surface area contributed by atoms with Crippen molar-refractivity contribution in [3.8, 4) is 11.5 Å². The van der Waals surface area contributed by atoms with Gasteiger partial charge in [-0.25, -0.2) is 0 Å². The van der Waals surface area contributed by atoms with E-state index in [2.05, 4.69) is 20.8 Å². The number of hydrogen-bond acceptors (Lipinski definition) is 3. The first kappa shape index (κ1) is 15.2. The fraction of sp³-hybridized carbons (Fsp3) is 0.647. The van der Waals surface area contributed by atoms with Gasteiger partial charge in [-0.05, 0) is 71.8 Å². The average Bonchev–Trinajstić information content (AvgIpc) is 2.51. The maximum Gasteiger partial charge on any atom is 0.172 e. The third kappa shape index (κ3) is 3.21. The summed E-state index contributed by atoms with van der Waals surface area (Å²) in [6.45, 7) is 2.15. The van der Waals surface area contributed by atoms with E-state index in [1.54, 1.807) is 7.11 Å². The molecule has 2 atom stereocenters. The van der Waals surface area contributed by atoms with Crippen LogP contribution in [0, 0.1) is 5.92 Å². The molecule has 0 bridgehead atoms. The predicted octanol–water partition coefficient (Wildman–Crippen LogP) is 4.32. The Balaban J connectivity index is 1.77. The number of piperidine rings is 1. The highest BCUT2D eigenvalue weighted by Crippen LogP contribution is 2.38. The zero-order chi connectivity index (χ0) is 14.8. The molecule has 0 amide bonds. The van der Waals surface area contributed by atoms with E-state index in [1.165, 1.54) is 50.6 Å². The molecule has 21 heavy (non-hydrogen) atoms. The van der Waals surface area contributed by atoms with Crippen LogP contribution in [0.25, 0.3) is 0 Å². The minimum atomic E-state index is 0.190. The number of aromatic hydroxyl groups is 1. The molecule has 0 aromatic heterocycles. The summed E-state index contributed by atoms with van der Waals surface area (Å²) in [6.07, 6.45) is 8.26. The highest BCUT2D eigenvalue weighted by atomic mass is 79.9. The van der Waals surface area contributed by atoms with Crippen LogP contribution in [-0.4, -0.2) is 29.7 Å². The summed E-state index contributed by atoms with van der Waals surface area (Å²) in [7, 11) is 1.60. The summed E-state index contributed by atoms with van der Waals surface area (Å²) in [4.78, 5) is 2.64. The summed E-state index contributed by atoms with van der Waals surface area (Å²) in [5.41, 5.74) is 1.21. The molecular weight excluding hydrogens is 330 g/mol. The van der Waals surface area contributed by atoms with Gasteiger partial charge < -0.3 is 9.84 Å². The molecule has 1 aromatic rings. The summed E-state index contributed by atoms with van der Waals surface area (Å²) in [6, 6.07) is 4.74. The van der Waals surface area contributed by atoms with Crippen LogP contribution in [0.5, 0.6) is 11.5 Å². The number of phenolic OH excluding ortho intramolecular Hbond substituents is 1. The van der Waals surface area contributed by atoms with Crippen molar-refractivity contribution in [2.24, 2.45) is 5.92 Å². The molecule has 4 heteroatoms. The van der Waals surface area contributed by atoms with Crippen LogP contribution in [0.1, 0.15) is 44.1 Å². The number of rotatable bonds is 3. The maximum absolute atomic E-state index is 9.93. The fourth-order valence-corrected chi connectivity index (χ4v) is 4.52. The standard InChI is InChI=1S/C17H24BrNO2/c1-21-16-10-12(9-14(18)17(16)20)11-19-8-4-6-13-5-2-3-7-15(13)19/h9-10,13,15,20H,2-8,11H2,1H3/t13-,15-/m0/s1. The Hall–Kier alpha value is -0.740. The minimum Gasteiger partial charge on any atom is -0.503 e. The predicted molar refractivity (Wildman–Crippen MR) is 87.7 cm³/mol. The van der Waals surface area contributed by atoms with Gasteiger partial charge in [-0.2, -0.15) is 0 Å². The van der Waals surface area contributed by atoms with Gasteiger partial charge in [-0.15, -0.1) is 0 Å². The third-order valence-corrected chi connectivity index (χ3v) is 5.66. The molecular formula is C17H24BrNO2. The van der Waals surface area contributed by atoms with Gasteiger partial charge in [0.25, 0.3) is 0 Å². The molecule has 1 aromatic carbocycles. The molecule has 1 N–H and O–H groups in total. The highest BCUT2D eigenvalue weighted by Gasteiger charge is 2.33. The Bertz CT molecular complexity index is 504. The summed E-state index contributed by atoms with van der Waals surface area (Å²) in [5.74, 6) is 1.64. The first-order chi connectivity index (χ1) is 10.2. The number of hydrogen-bond donors (Lipinski definition) is 1. The number of ether oxygens (including phenoxy) is 1. The Morgan fingerprint density at radius 3 is 2.81 bits per heavy atom. The maximum atomic E-state index is 9.93. The number of fused-ring (bicyclic) bond motifs is 1. The van der Waals surface area contributed by atoms with E-state index in [0.29, 0.717) is 10.2 Å². The minimum absolute atomic E-state index is 0.190. The van der Waals surface area contributed by atoms with Gasteiger partial charge in [-0.1, -0.05) is 12.8 Å². The topological polar surface area (TPSA) is 32.7 Å². The molecule has 1 saturated carbocycles. The zero-order valence-corrected chi connectivity index (χ0v) is 14.2. The van der Waals surface area contributed by atoms with E-state index >= 15 is 0 Å². The molecule has 116 valence electrons. The van der Waals surface area contributed by atoms with Gasteiger partial charge in [0.15, 0.2) is 11.5 Å². The quantitative estimate of drug-likeness (QED) is 0.878. The van der Waals surface area contributed by atoms with Crippen LogP contribution < -0.4 is 4.74 Å². The number of phenols is 1. The lowest BCUT2D eigenvalue weighted by Gasteiger charge is -2.44. The van der Waals surface area contributed by atoms with Crippen LogP contribution in [0.4, 0.5) is 0 Å². The second-order valence-electron chi connectivity index (χ2n) is 6.35. The average molecular weight is 354 g/mol. The van der Waals surface area contributed by atoms with Gasteiger partial charge in [-0.3, -0.25) is 4.90 Å². The second kappa shape index (κ2) is 6.57. The number of halogens is 1. The van der Waals surface area contributed by atoms with Crippen molar-refractivity contribution in [1.29, 1.82) is 0 Å². The largest absolute Gasteiger partial charge is 0.503 e. The normalized spacial score (nSPS) is 26.4. The van der Waals surface area contributed by atoms with E-state index in [9.17, 15) is 5.11 Å². The summed E-state index contributed by atoms with van der Waals surface area (Å²) < 4.78 is 5.98. The second-order valence-corrected chi connectivity index (χ2v) is 7.21. The molecule has 1 heterocycles. The van der Waals surface area contributed by atoms with Gasteiger partial charge in [0.2, 0.25) is 0 Å². The van der Waals surface area contributed by atoms with Crippen molar-refractivity contribution in [3.63, 3.8) is 0 Å². The Morgan fingerprint density at radius 1 is 1.24 bits per heavy atom. The third-order valence-electron chi connectivity index (χ3n) is 5.05. The van der Waals surface area contributed by atoms with Crippen LogP contribution in [0.3, 0.4) is 0 Å². The van der Waals surface area contributed by atoms with Crippen molar-refractivity contribution >= 4 is 15.9 Å². The van der Waals surface area contributed by atoms with E-state index in [-0.39, 0.29) is 5.75 Å². The molecule has 0 spiro atoms. The molecule has 3 nitrogen and oxygen atoms in total. The number of nitrogens with zero attached hydrogens (tertiary/aromatic N) is 1. The molecule has 0 unspecified atom stereocenters. The summed E-state index contributed by atoms with van der Waals surface area (Å²) >= 11 is 3.42. The van der Waals surface area contributed by atoms with Crippen LogP contribution in [0.15, 0.2) is 16.6 Å². The fourth-order valence-electron chi connectivity index (χ4n) is 4.03. The highest BCUT2D eigenvalue weighted by molar-refractivity contribution is 9.10. The number of benzene rings is 1. The van der Waals surface area contributed by atoms with Crippen LogP contribution in [0.2, 0.25) is 0 Å². The van der Waals surface area contributed by atoms with E-state index in [1.807, 2.05) is 12.1 Å². The molecule has 3 rings (SSSR count). The summed E-state index contributed by atoms with van der Waals surface area (Å²) in [5, 5.41) is 9.93. The van der Waals surface area contributed by atoms with E-state index in [4.69, 9.17) is 4.74 Å². The van der Waals surface area contributed by atoms with Gasteiger partial charge in [0, 0.05) is 12.6 Å². The molecule has 1 saturated heterocycles. The Kier molecular flexibility index (Phi) is 4.75. The van der Waals surface area contributed by atoms with Crippen LogP contribution >= 0.6 is 15.9 Å². The molecule has 1 aliphatic heterocycles. The van der Waals surface area contributed by atoms with E-state index < -0.39 is 0 Å². The SMILES string of the molecule is COc1cc(CN2CCC[C@@H]3CCCC[C@@H]32)cc(Br)c1O. The van der Waals surface area contributed by atoms with Gasteiger partial charge >= 0.3 is 0 Å². The lowest BCUT2D eigenvalue weighted by atomic mass is 9.78. The van der Waals surface area contributed by atoms with Crippen LogP contribution in [-0.2, 0) is 6.54 Å². The molecule has 2 aliphatic rings. The van der Waals surface area contributed by atoms with Gasteiger partial charge in [0.05, 0.1) is 11.6 Å².